The molecule has 0 saturated heterocycles. The van der Waals surface area contributed by atoms with Gasteiger partial charge in [-0.1, -0.05) is 19.3 Å². The van der Waals surface area contributed by atoms with Gasteiger partial charge in [-0.3, -0.25) is 0 Å². The lowest BCUT2D eigenvalue weighted by Crippen LogP contribution is -2.16. The summed E-state index contributed by atoms with van der Waals surface area (Å²) in [5.41, 5.74) is 0.672. The molecule has 0 amide bonds. The van der Waals surface area contributed by atoms with Crippen LogP contribution in [0.15, 0.2) is 16.5 Å². The first-order chi connectivity index (χ1) is 9.58. The van der Waals surface area contributed by atoms with Crippen LogP contribution in [0.3, 0.4) is 0 Å². The molecule has 0 spiro atoms. The summed E-state index contributed by atoms with van der Waals surface area (Å²) >= 11 is 0. The molecule has 4 heteroatoms. The van der Waals surface area contributed by atoms with Gasteiger partial charge in [0.15, 0.2) is 11.4 Å². The van der Waals surface area contributed by atoms with Crippen LogP contribution in [0.5, 0.6) is 0 Å². The van der Waals surface area contributed by atoms with E-state index in [9.17, 15) is 13.9 Å². The highest BCUT2D eigenvalue weighted by atomic mass is 19.1. The summed E-state index contributed by atoms with van der Waals surface area (Å²) in [6.45, 7) is 1.74. The fourth-order valence-corrected chi connectivity index (χ4v) is 3.21. The van der Waals surface area contributed by atoms with Gasteiger partial charge in [-0.15, -0.1) is 0 Å². The van der Waals surface area contributed by atoms with Crippen LogP contribution >= 0.6 is 0 Å². The Kier molecular flexibility index (Phi) is 3.50. The second kappa shape index (κ2) is 5.17. The van der Waals surface area contributed by atoms with Gasteiger partial charge in [0.05, 0.1) is 0 Å². The number of hydrogen-bond donors (Lipinski definition) is 1. The van der Waals surface area contributed by atoms with Gasteiger partial charge < -0.3 is 9.52 Å². The van der Waals surface area contributed by atoms with Crippen molar-refractivity contribution >= 4 is 11.0 Å². The van der Waals surface area contributed by atoms with Crippen LogP contribution in [0.2, 0.25) is 0 Å². The van der Waals surface area contributed by atoms with Crippen molar-refractivity contribution in [2.24, 2.45) is 5.92 Å². The van der Waals surface area contributed by atoms with Gasteiger partial charge in [0.25, 0.3) is 0 Å². The third-order valence-corrected chi connectivity index (χ3v) is 4.36. The standard InChI is InChI=1S/C16H18F2O2/c1-9-12-7-11(17)8-13(18)16(12)20-15(9)14(19)10-5-3-2-4-6-10/h7-8,10,14,19H,2-6H2,1H3. The molecule has 1 unspecified atom stereocenters. The molecular formula is C16H18F2O2. The molecule has 1 aromatic carbocycles. The minimum absolute atomic E-state index is 0.0359. The number of hydrogen-bond acceptors (Lipinski definition) is 2. The van der Waals surface area contributed by atoms with Crippen molar-refractivity contribution in [1.82, 2.24) is 0 Å². The van der Waals surface area contributed by atoms with Crippen LogP contribution in [0.25, 0.3) is 11.0 Å². The molecule has 0 aliphatic heterocycles. The van der Waals surface area contributed by atoms with Gasteiger partial charge in [0.1, 0.15) is 17.7 Å². The predicted octanol–water partition coefficient (Wildman–Crippen LogP) is 4.63. The molecule has 1 N–H and O–H groups in total. The average Bonchev–Trinajstić information content (AvgIpc) is 2.77. The Morgan fingerprint density at radius 2 is 1.90 bits per heavy atom. The molecular weight excluding hydrogens is 262 g/mol. The Morgan fingerprint density at radius 1 is 1.20 bits per heavy atom. The Hall–Kier alpha value is -1.42. The average molecular weight is 280 g/mol. The first-order valence-electron chi connectivity index (χ1n) is 7.14. The molecule has 1 aliphatic rings. The van der Waals surface area contributed by atoms with E-state index in [0.717, 1.165) is 31.7 Å². The van der Waals surface area contributed by atoms with Gasteiger partial charge in [-0.2, -0.15) is 0 Å². The summed E-state index contributed by atoms with van der Waals surface area (Å²) in [6, 6.07) is 2.07. The quantitative estimate of drug-likeness (QED) is 0.869. The molecule has 1 fully saturated rings. The second-order valence-corrected chi connectivity index (χ2v) is 5.70. The van der Waals surface area contributed by atoms with E-state index in [1.54, 1.807) is 6.92 Å². The summed E-state index contributed by atoms with van der Waals surface area (Å²) in [4.78, 5) is 0. The molecule has 2 aromatic rings. The summed E-state index contributed by atoms with van der Waals surface area (Å²) in [5.74, 6) is -0.810. The first-order valence-corrected chi connectivity index (χ1v) is 7.14. The van der Waals surface area contributed by atoms with Crippen LogP contribution in [-0.4, -0.2) is 5.11 Å². The Bertz CT molecular complexity index is 627. The Labute approximate surface area is 116 Å². The van der Waals surface area contributed by atoms with Gasteiger partial charge in [-0.25, -0.2) is 8.78 Å². The lowest BCUT2D eigenvalue weighted by Gasteiger charge is -2.25. The summed E-state index contributed by atoms with van der Waals surface area (Å²) in [5, 5.41) is 10.9. The highest BCUT2D eigenvalue weighted by Crippen LogP contribution is 2.39. The molecule has 2 nitrogen and oxygen atoms in total. The van der Waals surface area contributed by atoms with Crippen LogP contribution in [-0.2, 0) is 0 Å². The SMILES string of the molecule is Cc1c(C(O)C2CCCCC2)oc2c(F)cc(F)cc12. The normalized spacial score (nSPS) is 18.6. The number of furan rings is 1. The van der Waals surface area contributed by atoms with E-state index < -0.39 is 17.7 Å². The lowest BCUT2D eigenvalue weighted by molar-refractivity contribution is 0.0660. The van der Waals surface area contributed by atoms with Crippen molar-refractivity contribution in [1.29, 1.82) is 0 Å². The Morgan fingerprint density at radius 3 is 2.60 bits per heavy atom. The second-order valence-electron chi connectivity index (χ2n) is 5.70. The summed E-state index contributed by atoms with van der Waals surface area (Å²) in [6.07, 6.45) is 4.57. The fourth-order valence-electron chi connectivity index (χ4n) is 3.21. The van der Waals surface area contributed by atoms with Crippen molar-refractivity contribution in [3.05, 3.63) is 35.1 Å². The van der Waals surface area contributed by atoms with Crippen LogP contribution in [0, 0.1) is 24.5 Å². The zero-order chi connectivity index (χ0) is 14.3. The topological polar surface area (TPSA) is 33.4 Å². The van der Waals surface area contributed by atoms with E-state index in [4.69, 9.17) is 4.42 Å². The van der Waals surface area contributed by atoms with E-state index in [1.807, 2.05) is 0 Å². The van der Waals surface area contributed by atoms with Crippen LogP contribution in [0.1, 0.15) is 49.5 Å². The first kappa shape index (κ1) is 13.6. The summed E-state index contributed by atoms with van der Waals surface area (Å²) in [7, 11) is 0. The fraction of sp³-hybridized carbons (Fsp3) is 0.500. The van der Waals surface area contributed by atoms with E-state index in [0.29, 0.717) is 16.7 Å². The third-order valence-electron chi connectivity index (χ3n) is 4.36. The number of aliphatic hydroxyl groups excluding tert-OH is 1. The highest BCUT2D eigenvalue weighted by Gasteiger charge is 2.28. The monoisotopic (exact) mass is 280 g/mol. The third kappa shape index (κ3) is 2.22. The van der Waals surface area contributed by atoms with E-state index in [-0.39, 0.29) is 11.5 Å². The number of rotatable bonds is 2. The summed E-state index contributed by atoms with van der Waals surface area (Å²) < 4.78 is 32.5. The predicted molar refractivity (Wildman–Crippen MR) is 72.4 cm³/mol. The molecule has 0 radical (unpaired) electrons. The molecule has 1 atom stereocenters. The molecule has 1 heterocycles. The molecule has 1 saturated carbocycles. The zero-order valence-electron chi connectivity index (χ0n) is 11.5. The molecule has 20 heavy (non-hydrogen) atoms. The van der Waals surface area contributed by atoms with E-state index in [2.05, 4.69) is 0 Å². The molecule has 0 bridgehead atoms. The Balaban J connectivity index is 2.03. The van der Waals surface area contributed by atoms with Gasteiger partial charge in [-0.05, 0) is 31.7 Å². The zero-order valence-corrected chi connectivity index (χ0v) is 11.5. The van der Waals surface area contributed by atoms with Crippen LogP contribution in [0.4, 0.5) is 8.78 Å². The van der Waals surface area contributed by atoms with E-state index in [1.165, 1.54) is 12.5 Å². The molecule has 1 aromatic heterocycles. The van der Waals surface area contributed by atoms with Crippen molar-refractivity contribution in [3.63, 3.8) is 0 Å². The van der Waals surface area contributed by atoms with Crippen molar-refractivity contribution in [2.75, 3.05) is 0 Å². The molecule has 3 rings (SSSR count). The van der Waals surface area contributed by atoms with E-state index >= 15 is 0 Å². The van der Waals surface area contributed by atoms with Gasteiger partial charge in [0.2, 0.25) is 0 Å². The smallest absolute Gasteiger partial charge is 0.170 e. The largest absolute Gasteiger partial charge is 0.455 e. The molecule has 1 aliphatic carbocycles. The van der Waals surface area contributed by atoms with Gasteiger partial charge in [0, 0.05) is 17.0 Å². The maximum Gasteiger partial charge on any atom is 0.170 e. The number of halogens is 2. The lowest BCUT2D eigenvalue weighted by atomic mass is 9.84. The number of aliphatic hydroxyl groups is 1. The number of fused-ring (bicyclic) bond motifs is 1. The highest BCUT2D eigenvalue weighted by molar-refractivity contribution is 5.82. The van der Waals surface area contributed by atoms with Crippen LogP contribution < -0.4 is 0 Å². The number of aryl methyl sites for hydroxylation is 1. The number of benzene rings is 1. The maximum absolute atomic E-state index is 13.7. The molecule has 108 valence electrons. The minimum atomic E-state index is -0.731. The van der Waals surface area contributed by atoms with Crippen molar-refractivity contribution < 1.29 is 18.3 Å². The van der Waals surface area contributed by atoms with Crippen molar-refractivity contribution in [3.8, 4) is 0 Å². The van der Waals surface area contributed by atoms with Gasteiger partial charge >= 0.3 is 0 Å². The maximum atomic E-state index is 13.7. The minimum Gasteiger partial charge on any atom is -0.455 e. The van der Waals surface area contributed by atoms with Crippen molar-refractivity contribution in [2.45, 2.75) is 45.1 Å².